The van der Waals surface area contributed by atoms with Gasteiger partial charge < -0.3 is 15.4 Å². The fourth-order valence-electron chi connectivity index (χ4n) is 2.08. The van der Waals surface area contributed by atoms with E-state index in [4.69, 9.17) is 4.74 Å². The molecule has 0 spiro atoms. The smallest absolute Gasteiger partial charge is 0.224 e. The molecular formula is C14H19BrN2O2. The number of halogens is 1. The molecule has 2 unspecified atom stereocenters. The number of carbonyl (C=O) groups is 1. The Morgan fingerprint density at radius 1 is 1.63 bits per heavy atom. The molecule has 0 bridgehead atoms. The van der Waals surface area contributed by atoms with Crippen LogP contribution < -0.4 is 15.4 Å². The van der Waals surface area contributed by atoms with Gasteiger partial charge in [-0.2, -0.15) is 0 Å². The van der Waals surface area contributed by atoms with E-state index in [0.717, 1.165) is 29.7 Å². The maximum atomic E-state index is 11.8. The summed E-state index contributed by atoms with van der Waals surface area (Å²) >= 11 is 3.40. The zero-order valence-corrected chi connectivity index (χ0v) is 12.6. The minimum absolute atomic E-state index is 0.0485. The highest BCUT2D eigenvalue weighted by Gasteiger charge is 2.22. The minimum Gasteiger partial charge on any atom is -0.489 e. The van der Waals surface area contributed by atoms with Crippen molar-refractivity contribution in [2.45, 2.75) is 19.4 Å². The second kappa shape index (κ2) is 6.91. The van der Waals surface area contributed by atoms with Gasteiger partial charge in [0.2, 0.25) is 5.91 Å². The lowest BCUT2D eigenvalue weighted by Crippen LogP contribution is -2.38. The van der Waals surface area contributed by atoms with Crippen molar-refractivity contribution in [3.05, 3.63) is 28.7 Å². The molecule has 1 aliphatic heterocycles. The van der Waals surface area contributed by atoms with Gasteiger partial charge in [0.15, 0.2) is 0 Å². The van der Waals surface area contributed by atoms with Gasteiger partial charge >= 0.3 is 0 Å². The first-order valence-corrected chi connectivity index (χ1v) is 7.35. The van der Waals surface area contributed by atoms with Crippen LogP contribution in [0.15, 0.2) is 28.7 Å². The lowest BCUT2D eigenvalue weighted by atomic mass is 10.1. The summed E-state index contributed by atoms with van der Waals surface area (Å²) in [4.78, 5) is 11.8. The Morgan fingerprint density at radius 2 is 2.47 bits per heavy atom. The van der Waals surface area contributed by atoms with Gasteiger partial charge in [-0.15, -0.1) is 0 Å². The largest absolute Gasteiger partial charge is 0.489 e. The van der Waals surface area contributed by atoms with Gasteiger partial charge in [0.1, 0.15) is 11.9 Å². The molecule has 5 heteroatoms. The lowest BCUT2D eigenvalue weighted by Gasteiger charge is -2.17. The first-order chi connectivity index (χ1) is 9.15. The van der Waals surface area contributed by atoms with Crippen LogP contribution in [0.5, 0.6) is 5.75 Å². The van der Waals surface area contributed by atoms with Gasteiger partial charge in [0.05, 0.1) is 12.5 Å². The van der Waals surface area contributed by atoms with E-state index in [2.05, 4.69) is 26.6 Å². The molecule has 4 nitrogen and oxygen atoms in total. The third-order valence-electron chi connectivity index (χ3n) is 3.13. The normalized spacial score (nSPS) is 20.0. The molecule has 1 saturated heterocycles. The summed E-state index contributed by atoms with van der Waals surface area (Å²) in [5.74, 6) is 1.03. The van der Waals surface area contributed by atoms with E-state index in [0.29, 0.717) is 6.54 Å². The van der Waals surface area contributed by atoms with Crippen LogP contribution in [0.25, 0.3) is 0 Å². The molecule has 0 aromatic heterocycles. The number of rotatable bonds is 5. The molecule has 1 aromatic rings. The van der Waals surface area contributed by atoms with Crippen molar-refractivity contribution in [1.82, 2.24) is 10.6 Å². The maximum absolute atomic E-state index is 11.8. The van der Waals surface area contributed by atoms with Crippen LogP contribution in [-0.4, -0.2) is 31.6 Å². The predicted molar refractivity (Wildman–Crippen MR) is 78.2 cm³/mol. The fraction of sp³-hybridized carbons (Fsp3) is 0.500. The predicted octanol–water partition coefficient (Wildman–Crippen LogP) is 1.94. The summed E-state index contributed by atoms with van der Waals surface area (Å²) < 4.78 is 6.73. The van der Waals surface area contributed by atoms with Crippen LogP contribution >= 0.6 is 15.9 Å². The van der Waals surface area contributed by atoms with Crippen LogP contribution in [0.2, 0.25) is 0 Å². The minimum atomic E-state index is -0.0485. The van der Waals surface area contributed by atoms with Crippen LogP contribution in [-0.2, 0) is 4.79 Å². The highest BCUT2D eigenvalue weighted by Crippen LogP contribution is 2.18. The molecule has 2 rings (SSSR count). The summed E-state index contributed by atoms with van der Waals surface area (Å²) in [6.45, 7) is 4.20. The average molecular weight is 327 g/mol. The van der Waals surface area contributed by atoms with E-state index in [1.165, 1.54) is 0 Å². The number of benzene rings is 1. The fourth-order valence-corrected chi connectivity index (χ4v) is 2.46. The molecule has 1 fully saturated rings. The Hall–Kier alpha value is -1.07. The number of ether oxygens (including phenoxy) is 1. The topological polar surface area (TPSA) is 50.4 Å². The van der Waals surface area contributed by atoms with Gasteiger partial charge in [-0.3, -0.25) is 4.79 Å². The number of nitrogens with one attached hydrogen (secondary N) is 2. The molecule has 104 valence electrons. The summed E-state index contributed by atoms with van der Waals surface area (Å²) in [6, 6.07) is 7.70. The van der Waals surface area contributed by atoms with Gasteiger partial charge in [0.25, 0.3) is 0 Å². The van der Waals surface area contributed by atoms with E-state index in [9.17, 15) is 4.79 Å². The number of hydrogen-bond donors (Lipinski definition) is 2. The third kappa shape index (κ3) is 4.51. The van der Waals surface area contributed by atoms with Gasteiger partial charge in [-0.25, -0.2) is 0 Å². The van der Waals surface area contributed by atoms with E-state index in [1.807, 2.05) is 31.2 Å². The number of amides is 1. The summed E-state index contributed by atoms with van der Waals surface area (Å²) in [7, 11) is 0. The van der Waals surface area contributed by atoms with E-state index in [1.54, 1.807) is 0 Å². The van der Waals surface area contributed by atoms with Crippen molar-refractivity contribution in [3.8, 4) is 5.75 Å². The van der Waals surface area contributed by atoms with Gasteiger partial charge in [0, 0.05) is 11.0 Å². The summed E-state index contributed by atoms with van der Waals surface area (Å²) in [6.07, 6.45) is 0.875. The quantitative estimate of drug-likeness (QED) is 0.869. The van der Waals surface area contributed by atoms with E-state index < -0.39 is 0 Å². The van der Waals surface area contributed by atoms with E-state index in [-0.39, 0.29) is 17.9 Å². The molecule has 1 aromatic carbocycles. The van der Waals surface area contributed by atoms with Crippen molar-refractivity contribution < 1.29 is 9.53 Å². The molecule has 1 aliphatic rings. The van der Waals surface area contributed by atoms with Gasteiger partial charge in [-0.05, 0) is 38.1 Å². The van der Waals surface area contributed by atoms with Crippen molar-refractivity contribution in [1.29, 1.82) is 0 Å². The van der Waals surface area contributed by atoms with Crippen LogP contribution in [0, 0.1) is 5.92 Å². The molecular weight excluding hydrogens is 308 g/mol. The lowest BCUT2D eigenvalue weighted by molar-refractivity contribution is -0.124. The molecule has 2 N–H and O–H groups in total. The molecule has 1 heterocycles. The first kappa shape index (κ1) is 14.3. The Bertz CT molecular complexity index is 433. The van der Waals surface area contributed by atoms with Crippen LogP contribution in [0.3, 0.4) is 0 Å². The van der Waals surface area contributed by atoms with Crippen molar-refractivity contribution in [3.63, 3.8) is 0 Å². The third-order valence-corrected chi connectivity index (χ3v) is 3.62. The summed E-state index contributed by atoms with van der Waals surface area (Å²) in [5.41, 5.74) is 0. The Labute approximate surface area is 122 Å². The van der Waals surface area contributed by atoms with Gasteiger partial charge in [-0.1, -0.05) is 22.0 Å². The molecule has 2 atom stereocenters. The Balaban J connectivity index is 1.75. The Kier molecular flexibility index (Phi) is 5.22. The molecule has 0 saturated carbocycles. The zero-order valence-electron chi connectivity index (χ0n) is 11.0. The number of carbonyl (C=O) groups excluding carboxylic acids is 1. The van der Waals surface area contributed by atoms with Crippen LogP contribution in [0.1, 0.15) is 13.3 Å². The SMILES string of the molecule is CC(CNC(=O)C1CCNC1)Oc1cccc(Br)c1. The van der Waals surface area contributed by atoms with Crippen molar-refractivity contribution in [2.24, 2.45) is 5.92 Å². The molecule has 1 amide bonds. The second-order valence-corrected chi connectivity index (χ2v) is 5.74. The van der Waals surface area contributed by atoms with Crippen molar-refractivity contribution >= 4 is 21.8 Å². The zero-order chi connectivity index (χ0) is 13.7. The Morgan fingerprint density at radius 3 is 3.16 bits per heavy atom. The standard InChI is InChI=1S/C14H19BrN2O2/c1-10(19-13-4-2-3-12(15)7-13)8-17-14(18)11-5-6-16-9-11/h2-4,7,10-11,16H,5-6,8-9H2,1H3,(H,17,18). The maximum Gasteiger partial charge on any atom is 0.224 e. The molecule has 0 aliphatic carbocycles. The molecule has 19 heavy (non-hydrogen) atoms. The summed E-state index contributed by atoms with van der Waals surface area (Å²) in [5, 5.41) is 6.13. The first-order valence-electron chi connectivity index (χ1n) is 6.56. The highest BCUT2D eigenvalue weighted by atomic mass is 79.9. The average Bonchev–Trinajstić information content (AvgIpc) is 2.90. The monoisotopic (exact) mass is 326 g/mol. The number of hydrogen-bond acceptors (Lipinski definition) is 3. The van der Waals surface area contributed by atoms with Crippen LogP contribution in [0.4, 0.5) is 0 Å². The second-order valence-electron chi connectivity index (χ2n) is 4.82. The molecule has 0 radical (unpaired) electrons. The van der Waals surface area contributed by atoms with Crippen molar-refractivity contribution in [2.75, 3.05) is 19.6 Å². The van der Waals surface area contributed by atoms with E-state index >= 15 is 0 Å². The highest BCUT2D eigenvalue weighted by molar-refractivity contribution is 9.10.